The molecule has 2 aromatic heterocycles. The zero-order chi connectivity index (χ0) is 23.1. The minimum atomic E-state index is -0.419. The maximum absolute atomic E-state index is 13.7. The highest BCUT2D eigenvalue weighted by Crippen LogP contribution is 2.33. The Morgan fingerprint density at radius 1 is 1.18 bits per heavy atom. The summed E-state index contributed by atoms with van der Waals surface area (Å²) in [7, 11) is 0. The van der Waals surface area contributed by atoms with Crippen LogP contribution >= 0.6 is 0 Å². The number of carbonyl (C=O) groups excluding carboxylic acids is 2. The first-order chi connectivity index (χ1) is 15.9. The smallest absolute Gasteiger partial charge is 0.254 e. The van der Waals surface area contributed by atoms with E-state index < -0.39 is 5.82 Å². The summed E-state index contributed by atoms with van der Waals surface area (Å²) in [6.45, 7) is 4.57. The molecule has 0 spiro atoms. The van der Waals surface area contributed by atoms with Gasteiger partial charge in [-0.05, 0) is 69.7 Å². The van der Waals surface area contributed by atoms with Crippen molar-refractivity contribution < 1.29 is 14.0 Å². The third-order valence-corrected chi connectivity index (χ3v) is 6.65. The van der Waals surface area contributed by atoms with E-state index in [1.165, 1.54) is 12.1 Å². The second kappa shape index (κ2) is 8.57. The van der Waals surface area contributed by atoms with Crippen LogP contribution < -0.4 is 5.32 Å². The van der Waals surface area contributed by atoms with Gasteiger partial charge in [-0.1, -0.05) is 6.07 Å². The molecule has 1 saturated carbocycles. The second-order valence-electron chi connectivity index (χ2n) is 9.11. The molecule has 1 aromatic carbocycles. The molecule has 33 heavy (non-hydrogen) atoms. The van der Waals surface area contributed by atoms with Gasteiger partial charge >= 0.3 is 0 Å². The van der Waals surface area contributed by atoms with E-state index in [2.05, 4.69) is 5.32 Å². The molecule has 8 heteroatoms. The number of benzene rings is 1. The Morgan fingerprint density at radius 2 is 2.00 bits per heavy atom. The summed E-state index contributed by atoms with van der Waals surface area (Å²) in [5, 5.41) is 7.84. The number of aryl methyl sites for hydroxylation is 2. The predicted molar refractivity (Wildman–Crippen MR) is 121 cm³/mol. The van der Waals surface area contributed by atoms with Crippen molar-refractivity contribution in [3.05, 3.63) is 64.4 Å². The number of fused-ring (bicyclic) bond motifs is 1. The average molecular weight is 450 g/mol. The van der Waals surface area contributed by atoms with Crippen LogP contribution in [-0.2, 0) is 11.2 Å². The van der Waals surface area contributed by atoms with Gasteiger partial charge in [-0.3, -0.25) is 9.59 Å². The van der Waals surface area contributed by atoms with E-state index in [1.807, 2.05) is 24.4 Å². The molecular formula is C25H28FN5O2. The number of nitrogens with one attached hydrogen (secondary N) is 1. The minimum Gasteiger partial charge on any atom is -0.353 e. The van der Waals surface area contributed by atoms with Gasteiger partial charge in [-0.15, -0.1) is 0 Å². The summed E-state index contributed by atoms with van der Waals surface area (Å²) < 4.78 is 15.5. The Morgan fingerprint density at radius 3 is 2.76 bits per heavy atom. The minimum absolute atomic E-state index is 0.0787. The van der Waals surface area contributed by atoms with Gasteiger partial charge < -0.3 is 10.2 Å². The van der Waals surface area contributed by atoms with Crippen molar-refractivity contribution in [1.82, 2.24) is 24.8 Å². The van der Waals surface area contributed by atoms with Crippen molar-refractivity contribution in [3.8, 4) is 0 Å². The number of amides is 2. The Balaban J connectivity index is 1.39. The molecule has 7 nitrogen and oxygen atoms in total. The van der Waals surface area contributed by atoms with Crippen LogP contribution in [0.3, 0.4) is 0 Å². The lowest BCUT2D eigenvalue weighted by Gasteiger charge is -2.23. The van der Waals surface area contributed by atoms with Crippen molar-refractivity contribution in [2.75, 3.05) is 6.54 Å². The summed E-state index contributed by atoms with van der Waals surface area (Å²) in [6.07, 6.45) is 4.87. The SMILES string of the molecule is Cc1nc2cc([C@@H]3CCCN3C(=O)c3cccc(F)c3)nn2c(C)c1CCC(=O)NC1CC1. The zero-order valence-corrected chi connectivity index (χ0v) is 19.0. The molecule has 0 radical (unpaired) electrons. The van der Waals surface area contributed by atoms with E-state index in [1.54, 1.807) is 17.0 Å². The van der Waals surface area contributed by atoms with Gasteiger partial charge in [0.25, 0.3) is 5.91 Å². The van der Waals surface area contributed by atoms with Crippen molar-refractivity contribution in [3.63, 3.8) is 0 Å². The number of halogens is 1. The summed E-state index contributed by atoms with van der Waals surface area (Å²) in [5.41, 5.74) is 4.76. The van der Waals surface area contributed by atoms with Crippen LogP contribution in [0.25, 0.3) is 5.65 Å². The largest absolute Gasteiger partial charge is 0.353 e. The summed E-state index contributed by atoms with van der Waals surface area (Å²) >= 11 is 0. The fraction of sp³-hybridized carbons (Fsp3) is 0.440. The molecule has 5 rings (SSSR count). The van der Waals surface area contributed by atoms with E-state index in [-0.39, 0.29) is 17.9 Å². The maximum Gasteiger partial charge on any atom is 0.254 e. The first-order valence-electron chi connectivity index (χ1n) is 11.6. The number of carbonyl (C=O) groups is 2. The van der Waals surface area contributed by atoms with Gasteiger partial charge in [0.1, 0.15) is 5.82 Å². The van der Waals surface area contributed by atoms with Gasteiger partial charge in [0.15, 0.2) is 5.65 Å². The number of aromatic nitrogens is 3. The molecule has 0 unspecified atom stereocenters. The van der Waals surface area contributed by atoms with E-state index >= 15 is 0 Å². The van der Waals surface area contributed by atoms with Crippen LogP contribution in [0, 0.1) is 19.7 Å². The van der Waals surface area contributed by atoms with E-state index in [0.717, 1.165) is 54.0 Å². The summed E-state index contributed by atoms with van der Waals surface area (Å²) in [5.74, 6) is -0.523. The van der Waals surface area contributed by atoms with Crippen molar-refractivity contribution in [2.45, 2.75) is 64.5 Å². The summed E-state index contributed by atoms with van der Waals surface area (Å²) in [6, 6.07) is 7.94. The van der Waals surface area contributed by atoms with Crippen LogP contribution in [0.5, 0.6) is 0 Å². The third-order valence-electron chi connectivity index (χ3n) is 6.65. The standard InChI is InChI=1S/C25H28FN5O2/c1-15-20(10-11-24(32)28-19-8-9-19)16(2)31-23(27-15)14-21(29-31)22-7-4-12-30(22)25(33)17-5-3-6-18(26)13-17/h3,5-6,13-14,19,22H,4,7-12H2,1-2H3,(H,28,32)/t22-/m0/s1. The van der Waals surface area contributed by atoms with Crippen LogP contribution in [0.2, 0.25) is 0 Å². The Kier molecular flexibility index (Phi) is 5.60. The van der Waals surface area contributed by atoms with E-state index in [9.17, 15) is 14.0 Å². The molecule has 1 N–H and O–H groups in total. The van der Waals surface area contributed by atoms with Gasteiger partial charge in [0.05, 0.1) is 11.7 Å². The first kappa shape index (κ1) is 21.6. The molecule has 3 heterocycles. The van der Waals surface area contributed by atoms with Crippen LogP contribution in [0.15, 0.2) is 30.3 Å². The normalized spacial score (nSPS) is 18.2. The number of hydrogen-bond donors (Lipinski definition) is 1. The lowest BCUT2D eigenvalue weighted by atomic mass is 10.1. The molecule has 1 atom stereocenters. The van der Waals surface area contributed by atoms with Crippen LogP contribution in [-0.4, -0.2) is 43.9 Å². The lowest BCUT2D eigenvalue weighted by Crippen LogP contribution is -2.30. The summed E-state index contributed by atoms with van der Waals surface area (Å²) in [4.78, 5) is 31.7. The molecule has 2 amide bonds. The van der Waals surface area contributed by atoms with E-state index in [0.29, 0.717) is 31.0 Å². The molecule has 0 bridgehead atoms. The van der Waals surface area contributed by atoms with Crippen LogP contribution in [0.4, 0.5) is 4.39 Å². The van der Waals surface area contributed by atoms with Gasteiger partial charge in [-0.2, -0.15) is 5.10 Å². The molecule has 1 saturated heterocycles. The Hall–Kier alpha value is -3.29. The highest BCUT2D eigenvalue weighted by Gasteiger charge is 2.33. The van der Waals surface area contributed by atoms with Gasteiger partial charge in [0.2, 0.25) is 5.91 Å². The highest BCUT2D eigenvalue weighted by molar-refractivity contribution is 5.94. The maximum atomic E-state index is 13.7. The monoisotopic (exact) mass is 449 g/mol. The number of nitrogens with zero attached hydrogens (tertiary/aromatic N) is 4. The number of rotatable bonds is 6. The topological polar surface area (TPSA) is 79.6 Å². The van der Waals surface area contributed by atoms with Crippen molar-refractivity contribution in [1.29, 1.82) is 0 Å². The van der Waals surface area contributed by atoms with Crippen LogP contribution in [0.1, 0.15) is 71.1 Å². The predicted octanol–water partition coefficient (Wildman–Crippen LogP) is 3.67. The van der Waals surface area contributed by atoms with Gasteiger partial charge in [-0.25, -0.2) is 13.9 Å². The molecule has 2 aliphatic rings. The average Bonchev–Trinajstić information content (AvgIpc) is 3.29. The van der Waals surface area contributed by atoms with Gasteiger partial charge in [0, 0.05) is 42.0 Å². The van der Waals surface area contributed by atoms with Crippen molar-refractivity contribution in [2.24, 2.45) is 0 Å². The van der Waals surface area contributed by atoms with E-state index in [4.69, 9.17) is 10.1 Å². The molecule has 2 fully saturated rings. The number of hydrogen-bond acceptors (Lipinski definition) is 4. The molecular weight excluding hydrogens is 421 g/mol. The fourth-order valence-corrected chi connectivity index (χ4v) is 4.74. The zero-order valence-electron chi connectivity index (χ0n) is 19.0. The second-order valence-corrected chi connectivity index (χ2v) is 9.11. The highest BCUT2D eigenvalue weighted by atomic mass is 19.1. The van der Waals surface area contributed by atoms with Crippen molar-refractivity contribution >= 4 is 17.5 Å². The Bertz CT molecular complexity index is 1230. The number of likely N-dealkylation sites (tertiary alicyclic amines) is 1. The first-order valence-corrected chi connectivity index (χ1v) is 11.6. The Labute approximate surface area is 192 Å². The lowest BCUT2D eigenvalue weighted by molar-refractivity contribution is -0.121. The molecule has 3 aromatic rings. The molecule has 172 valence electrons. The fourth-order valence-electron chi connectivity index (χ4n) is 4.74. The third kappa shape index (κ3) is 4.34. The molecule has 1 aliphatic heterocycles. The molecule has 1 aliphatic carbocycles. The quantitative estimate of drug-likeness (QED) is 0.623.